The van der Waals surface area contributed by atoms with Crippen LogP contribution in [0.15, 0.2) is 0 Å². The fourth-order valence-electron chi connectivity index (χ4n) is 0.283. The third-order valence-electron chi connectivity index (χ3n) is 1.24. The molecule has 0 fully saturated rings. The maximum absolute atomic E-state index is 9.83. The maximum atomic E-state index is 9.83. The van der Waals surface area contributed by atoms with Gasteiger partial charge in [0.1, 0.15) is 0 Å². The van der Waals surface area contributed by atoms with Gasteiger partial charge in [0, 0.05) is 25.7 Å². The first kappa shape index (κ1) is 16.0. The standard InChI is InChI=1S/C4H9NO3.C4H9NO2/c1-2-3-4-8-5(6)7;1-4(2,3)5(6)7/h2-4H2,1H3;1-3H3. The van der Waals surface area contributed by atoms with Crippen molar-refractivity contribution in [1.82, 2.24) is 0 Å². The van der Waals surface area contributed by atoms with Gasteiger partial charge in [0.25, 0.3) is 5.09 Å². The summed E-state index contributed by atoms with van der Waals surface area (Å²) < 4.78 is 0. The summed E-state index contributed by atoms with van der Waals surface area (Å²) in [4.78, 5) is 23.0. The minimum Gasteiger partial charge on any atom is -0.314 e. The van der Waals surface area contributed by atoms with Crippen LogP contribution in [0.1, 0.15) is 40.5 Å². The second-order valence-electron chi connectivity index (χ2n) is 3.84. The molecule has 0 aromatic rings. The molecule has 0 saturated heterocycles. The summed E-state index contributed by atoms with van der Waals surface area (Å²) in [5.41, 5.74) is -0.778. The molecule has 15 heavy (non-hydrogen) atoms. The predicted octanol–water partition coefficient (Wildman–Crippen LogP) is 2.06. The molecule has 0 spiro atoms. The summed E-state index contributed by atoms with van der Waals surface area (Å²) >= 11 is 0. The molecule has 0 heterocycles. The van der Waals surface area contributed by atoms with Crippen LogP contribution in [-0.2, 0) is 4.84 Å². The van der Waals surface area contributed by atoms with Gasteiger partial charge in [-0.05, 0) is 6.42 Å². The molecule has 0 aromatic heterocycles. The number of hydrogen-bond acceptors (Lipinski definition) is 5. The Balaban J connectivity index is 0. The van der Waals surface area contributed by atoms with Gasteiger partial charge in [-0.15, -0.1) is 10.1 Å². The van der Waals surface area contributed by atoms with Crippen molar-refractivity contribution in [1.29, 1.82) is 0 Å². The molecular formula is C8H18N2O5. The lowest BCUT2D eigenvalue weighted by Gasteiger charge is -2.05. The van der Waals surface area contributed by atoms with Gasteiger partial charge in [-0.1, -0.05) is 13.3 Å². The first-order valence-corrected chi connectivity index (χ1v) is 4.63. The predicted molar refractivity (Wildman–Crippen MR) is 54.6 cm³/mol. The summed E-state index contributed by atoms with van der Waals surface area (Å²) in [6.07, 6.45) is 1.68. The molecule has 0 rings (SSSR count). The van der Waals surface area contributed by atoms with Crippen molar-refractivity contribution in [3.05, 3.63) is 20.2 Å². The Hall–Kier alpha value is -1.40. The zero-order valence-corrected chi connectivity index (χ0v) is 9.56. The van der Waals surface area contributed by atoms with E-state index in [0.717, 1.165) is 12.8 Å². The van der Waals surface area contributed by atoms with E-state index in [-0.39, 0.29) is 11.5 Å². The van der Waals surface area contributed by atoms with E-state index in [0.29, 0.717) is 0 Å². The summed E-state index contributed by atoms with van der Waals surface area (Å²) in [5, 5.41) is 18.5. The molecule has 0 N–H and O–H groups in total. The number of nitrogens with zero attached hydrogens (tertiary/aromatic N) is 2. The third-order valence-corrected chi connectivity index (χ3v) is 1.24. The maximum Gasteiger partial charge on any atom is 0.294 e. The summed E-state index contributed by atoms with van der Waals surface area (Å²) in [5.74, 6) is 0. The summed E-state index contributed by atoms with van der Waals surface area (Å²) in [6.45, 7) is 6.86. The molecule has 0 radical (unpaired) electrons. The van der Waals surface area contributed by atoms with Gasteiger partial charge < -0.3 is 4.84 Å². The molecule has 0 aromatic carbocycles. The van der Waals surface area contributed by atoms with Crippen LogP contribution in [0.5, 0.6) is 0 Å². The molecule has 0 aliphatic heterocycles. The van der Waals surface area contributed by atoms with Crippen molar-refractivity contribution >= 4 is 0 Å². The van der Waals surface area contributed by atoms with E-state index in [1.165, 1.54) is 0 Å². The Bertz CT molecular complexity index is 200. The third kappa shape index (κ3) is 15.4. The van der Waals surface area contributed by atoms with E-state index < -0.39 is 10.6 Å². The molecule has 0 amide bonds. The van der Waals surface area contributed by atoms with Crippen LogP contribution in [0.3, 0.4) is 0 Å². The highest BCUT2D eigenvalue weighted by Gasteiger charge is 2.21. The monoisotopic (exact) mass is 222 g/mol. The van der Waals surface area contributed by atoms with Gasteiger partial charge in [-0.3, -0.25) is 10.1 Å². The second-order valence-corrected chi connectivity index (χ2v) is 3.84. The fourth-order valence-corrected chi connectivity index (χ4v) is 0.283. The van der Waals surface area contributed by atoms with Crippen LogP contribution in [0.2, 0.25) is 0 Å². The molecule has 0 aliphatic carbocycles. The van der Waals surface area contributed by atoms with Crippen molar-refractivity contribution in [3.8, 4) is 0 Å². The lowest BCUT2D eigenvalue weighted by molar-refractivity contribution is -0.757. The van der Waals surface area contributed by atoms with E-state index >= 15 is 0 Å². The van der Waals surface area contributed by atoms with E-state index in [1.54, 1.807) is 20.8 Å². The van der Waals surface area contributed by atoms with Crippen molar-refractivity contribution in [3.63, 3.8) is 0 Å². The molecule has 90 valence electrons. The normalized spacial score (nSPS) is 9.87. The minimum absolute atomic E-state index is 0.226. The average Bonchev–Trinajstić information content (AvgIpc) is 2.03. The van der Waals surface area contributed by atoms with E-state index in [9.17, 15) is 20.2 Å². The topological polar surface area (TPSA) is 95.5 Å². The minimum atomic E-state index is -0.778. The highest BCUT2D eigenvalue weighted by atomic mass is 16.9. The number of rotatable bonds is 4. The second kappa shape index (κ2) is 7.95. The largest absolute Gasteiger partial charge is 0.314 e. The van der Waals surface area contributed by atoms with E-state index in [1.807, 2.05) is 6.92 Å². The lowest BCUT2D eigenvalue weighted by atomic mass is 10.1. The average molecular weight is 222 g/mol. The Morgan fingerprint density at radius 1 is 1.20 bits per heavy atom. The van der Waals surface area contributed by atoms with Crippen LogP contribution in [0.4, 0.5) is 0 Å². The molecule has 0 atom stereocenters. The smallest absolute Gasteiger partial charge is 0.294 e. The van der Waals surface area contributed by atoms with Gasteiger partial charge in [0.05, 0.1) is 6.61 Å². The van der Waals surface area contributed by atoms with Crippen LogP contribution < -0.4 is 0 Å². The first-order chi connectivity index (χ1) is 6.71. The van der Waals surface area contributed by atoms with E-state index in [2.05, 4.69) is 4.84 Å². The molecule has 0 aliphatic rings. The van der Waals surface area contributed by atoms with Crippen LogP contribution in [-0.4, -0.2) is 22.2 Å². The molecule has 7 heteroatoms. The van der Waals surface area contributed by atoms with Gasteiger partial charge >= 0.3 is 0 Å². The van der Waals surface area contributed by atoms with Crippen LogP contribution >= 0.6 is 0 Å². The van der Waals surface area contributed by atoms with Crippen molar-refractivity contribution in [2.75, 3.05) is 6.61 Å². The first-order valence-electron chi connectivity index (χ1n) is 4.63. The number of nitro groups is 1. The Kier molecular flexibility index (Phi) is 8.51. The summed E-state index contributed by atoms with van der Waals surface area (Å²) in [7, 11) is 0. The van der Waals surface area contributed by atoms with Gasteiger partial charge in [-0.2, -0.15) is 0 Å². The van der Waals surface area contributed by atoms with Crippen LogP contribution in [0, 0.1) is 20.2 Å². The van der Waals surface area contributed by atoms with Crippen LogP contribution in [0.25, 0.3) is 0 Å². The number of hydrogen-bond donors (Lipinski definition) is 0. The quantitative estimate of drug-likeness (QED) is 0.412. The Morgan fingerprint density at radius 3 is 1.80 bits per heavy atom. The molecule has 0 saturated carbocycles. The van der Waals surface area contributed by atoms with Gasteiger partial charge in [0.15, 0.2) is 0 Å². The zero-order chi connectivity index (χ0) is 12.5. The van der Waals surface area contributed by atoms with Crippen molar-refractivity contribution in [2.45, 2.75) is 46.1 Å². The van der Waals surface area contributed by atoms with Gasteiger partial charge in [0.2, 0.25) is 5.54 Å². The van der Waals surface area contributed by atoms with Crippen molar-refractivity contribution in [2.24, 2.45) is 0 Å². The lowest BCUT2D eigenvalue weighted by Crippen LogP contribution is -2.25. The van der Waals surface area contributed by atoms with E-state index in [4.69, 9.17) is 0 Å². The van der Waals surface area contributed by atoms with Crippen molar-refractivity contribution < 1.29 is 14.8 Å². The zero-order valence-electron chi connectivity index (χ0n) is 9.56. The summed E-state index contributed by atoms with van der Waals surface area (Å²) in [6, 6.07) is 0. The molecular weight excluding hydrogens is 204 g/mol. The molecule has 7 nitrogen and oxygen atoms in total. The molecule has 0 unspecified atom stereocenters. The highest BCUT2D eigenvalue weighted by molar-refractivity contribution is 4.54. The molecule has 0 bridgehead atoms. The SMILES string of the molecule is CC(C)(C)[N+](=O)[O-].CCCCO[N+](=O)[O-]. The number of unbranched alkanes of at least 4 members (excludes halogenated alkanes) is 1. The fraction of sp³-hybridized carbons (Fsp3) is 1.00. The van der Waals surface area contributed by atoms with Gasteiger partial charge in [-0.25, -0.2) is 0 Å². The Labute approximate surface area is 88.7 Å². The highest BCUT2D eigenvalue weighted by Crippen LogP contribution is 2.02. The Morgan fingerprint density at radius 2 is 1.60 bits per heavy atom.